The largest absolute Gasteiger partial charge is 0.478 e. The highest BCUT2D eigenvalue weighted by atomic mass is 35.5. The topological polar surface area (TPSA) is 117 Å². The molecule has 3 rings (SSSR count). The summed E-state index contributed by atoms with van der Waals surface area (Å²) in [6.45, 7) is 0. The predicted octanol–water partition coefficient (Wildman–Crippen LogP) is 2.29. The van der Waals surface area contributed by atoms with Crippen molar-refractivity contribution in [3.8, 4) is 0 Å². The van der Waals surface area contributed by atoms with E-state index < -0.39 is 17.4 Å². The summed E-state index contributed by atoms with van der Waals surface area (Å²) in [7, 11) is 0. The first kappa shape index (κ1) is 16.5. The molecule has 1 aromatic rings. The fourth-order valence-electron chi connectivity index (χ4n) is 3.38. The van der Waals surface area contributed by atoms with Crippen molar-refractivity contribution in [3.63, 3.8) is 0 Å². The molecular formula is C15H17ClFN5O2. The maximum absolute atomic E-state index is 14.8. The van der Waals surface area contributed by atoms with Gasteiger partial charge >= 0.3 is 5.97 Å². The highest BCUT2D eigenvalue weighted by molar-refractivity contribution is 6.31. The van der Waals surface area contributed by atoms with Gasteiger partial charge in [-0.2, -0.15) is 4.99 Å². The van der Waals surface area contributed by atoms with Gasteiger partial charge < -0.3 is 16.6 Å². The number of anilines is 1. The van der Waals surface area contributed by atoms with E-state index in [9.17, 15) is 14.3 Å². The molecular weight excluding hydrogens is 337 g/mol. The molecule has 0 bridgehead atoms. The number of nitrogens with zero attached hydrogens (tertiary/aromatic N) is 3. The molecule has 0 amide bonds. The van der Waals surface area contributed by atoms with Gasteiger partial charge in [-0.1, -0.05) is 18.0 Å². The van der Waals surface area contributed by atoms with Crippen molar-refractivity contribution < 1.29 is 14.3 Å². The fourth-order valence-corrected chi connectivity index (χ4v) is 3.53. The van der Waals surface area contributed by atoms with Crippen LogP contribution in [0.5, 0.6) is 0 Å². The van der Waals surface area contributed by atoms with Crippen molar-refractivity contribution in [1.82, 2.24) is 0 Å². The third kappa shape index (κ3) is 2.56. The first-order valence-electron chi connectivity index (χ1n) is 7.57. The monoisotopic (exact) mass is 353 g/mol. The number of aliphatic imine (C=N–C) groups is 2. The van der Waals surface area contributed by atoms with Crippen molar-refractivity contribution in [2.24, 2.45) is 21.5 Å². The Morgan fingerprint density at radius 2 is 1.96 bits per heavy atom. The molecule has 7 nitrogen and oxygen atoms in total. The third-order valence-corrected chi connectivity index (χ3v) is 4.67. The van der Waals surface area contributed by atoms with Gasteiger partial charge in [0.05, 0.1) is 16.3 Å². The number of carbonyl (C=O) groups is 1. The summed E-state index contributed by atoms with van der Waals surface area (Å²) in [5.41, 5.74) is 10.3. The predicted molar refractivity (Wildman–Crippen MR) is 89.9 cm³/mol. The minimum atomic E-state index is -1.29. The van der Waals surface area contributed by atoms with Gasteiger partial charge in [0.25, 0.3) is 0 Å². The molecule has 1 aliphatic carbocycles. The maximum Gasteiger partial charge on any atom is 0.337 e. The zero-order chi connectivity index (χ0) is 17.5. The van der Waals surface area contributed by atoms with E-state index in [0.29, 0.717) is 12.8 Å². The number of guanidine groups is 2. The summed E-state index contributed by atoms with van der Waals surface area (Å²) in [6, 6.07) is 2.45. The second-order valence-corrected chi connectivity index (χ2v) is 6.29. The molecule has 1 spiro atoms. The molecule has 5 N–H and O–H groups in total. The Morgan fingerprint density at radius 1 is 1.29 bits per heavy atom. The molecule has 24 heavy (non-hydrogen) atoms. The highest BCUT2D eigenvalue weighted by Crippen LogP contribution is 2.42. The summed E-state index contributed by atoms with van der Waals surface area (Å²) in [5.74, 6) is -2.24. The van der Waals surface area contributed by atoms with Crippen LogP contribution >= 0.6 is 11.6 Å². The van der Waals surface area contributed by atoms with Crippen LogP contribution in [0.2, 0.25) is 5.02 Å². The van der Waals surface area contributed by atoms with Crippen LogP contribution in [0.25, 0.3) is 0 Å². The van der Waals surface area contributed by atoms with Gasteiger partial charge in [0, 0.05) is 0 Å². The number of aromatic carboxylic acids is 1. The summed E-state index contributed by atoms with van der Waals surface area (Å²) in [6.07, 6.45) is 3.81. The second-order valence-electron chi connectivity index (χ2n) is 5.88. The third-order valence-electron chi connectivity index (χ3n) is 4.37. The van der Waals surface area contributed by atoms with Gasteiger partial charge in [-0.05, 0) is 37.8 Å². The Hall–Kier alpha value is -2.35. The van der Waals surface area contributed by atoms with Crippen LogP contribution in [0.3, 0.4) is 0 Å². The van der Waals surface area contributed by atoms with E-state index in [2.05, 4.69) is 9.98 Å². The molecule has 128 valence electrons. The van der Waals surface area contributed by atoms with Gasteiger partial charge in [-0.3, -0.25) is 4.90 Å². The van der Waals surface area contributed by atoms with E-state index in [0.717, 1.165) is 19.3 Å². The van der Waals surface area contributed by atoms with Gasteiger partial charge in [-0.15, -0.1) is 0 Å². The van der Waals surface area contributed by atoms with Crippen LogP contribution in [-0.4, -0.2) is 28.7 Å². The average molecular weight is 354 g/mol. The average Bonchev–Trinajstić information content (AvgIpc) is 2.51. The molecule has 1 fully saturated rings. The molecule has 9 heteroatoms. The van der Waals surface area contributed by atoms with Gasteiger partial charge in [0.1, 0.15) is 5.66 Å². The Bertz CT molecular complexity index is 758. The SMILES string of the molecule is NC1=NC2(CCCCC2)N(c2c(C(=O)O)ccc(Cl)c2F)C(N)=N1. The fraction of sp³-hybridized carbons (Fsp3) is 0.400. The Labute approximate surface area is 142 Å². The van der Waals surface area contributed by atoms with E-state index in [1.807, 2.05) is 0 Å². The maximum atomic E-state index is 14.8. The van der Waals surface area contributed by atoms with Crippen LogP contribution in [0, 0.1) is 5.82 Å². The molecule has 1 heterocycles. The lowest BCUT2D eigenvalue weighted by molar-refractivity contribution is 0.0697. The smallest absolute Gasteiger partial charge is 0.337 e. The zero-order valence-electron chi connectivity index (χ0n) is 12.8. The van der Waals surface area contributed by atoms with Crippen LogP contribution in [-0.2, 0) is 0 Å². The van der Waals surface area contributed by atoms with Crippen molar-refractivity contribution in [1.29, 1.82) is 0 Å². The number of halogens is 2. The number of carboxylic acid groups (broad SMARTS) is 1. The van der Waals surface area contributed by atoms with Crippen LogP contribution in [0.15, 0.2) is 22.1 Å². The van der Waals surface area contributed by atoms with E-state index in [1.54, 1.807) is 0 Å². The van der Waals surface area contributed by atoms with Crippen LogP contribution in [0.4, 0.5) is 10.1 Å². The summed E-state index contributed by atoms with van der Waals surface area (Å²) < 4.78 is 14.8. The van der Waals surface area contributed by atoms with Crippen LogP contribution < -0.4 is 16.4 Å². The zero-order valence-corrected chi connectivity index (χ0v) is 13.6. The number of hydrogen-bond donors (Lipinski definition) is 3. The molecule has 0 radical (unpaired) electrons. The molecule has 1 saturated carbocycles. The van der Waals surface area contributed by atoms with Crippen LogP contribution in [0.1, 0.15) is 42.5 Å². The lowest BCUT2D eigenvalue weighted by Crippen LogP contribution is -2.59. The first-order valence-corrected chi connectivity index (χ1v) is 7.94. The Morgan fingerprint density at radius 3 is 2.58 bits per heavy atom. The normalized spacial score (nSPS) is 19.8. The minimum Gasteiger partial charge on any atom is -0.478 e. The summed E-state index contributed by atoms with van der Waals surface area (Å²) in [5, 5.41) is 9.26. The molecule has 1 aliphatic heterocycles. The van der Waals surface area contributed by atoms with Crippen molar-refractivity contribution in [2.75, 3.05) is 4.90 Å². The molecule has 0 aromatic heterocycles. The number of benzene rings is 1. The number of carboxylic acids is 1. The molecule has 0 unspecified atom stereocenters. The summed E-state index contributed by atoms with van der Waals surface area (Å²) in [4.78, 5) is 21.2. The number of hydrogen-bond acceptors (Lipinski definition) is 6. The first-order chi connectivity index (χ1) is 11.4. The molecule has 2 aliphatic rings. The van der Waals surface area contributed by atoms with E-state index in [1.165, 1.54) is 17.0 Å². The highest BCUT2D eigenvalue weighted by Gasteiger charge is 2.45. The quantitative estimate of drug-likeness (QED) is 0.754. The van der Waals surface area contributed by atoms with Gasteiger partial charge in [0.15, 0.2) is 5.82 Å². The lowest BCUT2D eigenvalue weighted by atomic mass is 9.87. The van der Waals surface area contributed by atoms with Crippen molar-refractivity contribution >= 4 is 35.2 Å². The number of nitrogens with two attached hydrogens (primary N) is 2. The standard InChI is InChI=1S/C15H17ClFN5O2/c16-9-5-4-8(12(23)24)11(10(9)17)22-14(19)20-13(18)21-15(22)6-2-1-3-7-15/h4-5H,1-3,6-7H2,(H,23,24)(H4,18,19,20,21). The van der Waals surface area contributed by atoms with E-state index in [4.69, 9.17) is 23.1 Å². The van der Waals surface area contributed by atoms with Gasteiger partial charge in [0.2, 0.25) is 11.9 Å². The van der Waals surface area contributed by atoms with Crippen molar-refractivity contribution in [2.45, 2.75) is 37.8 Å². The van der Waals surface area contributed by atoms with Crippen molar-refractivity contribution in [3.05, 3.63) is 28.5 Å². The molecule has 1 aromatic carbocycles. The lowest BCUT2D eigenvalue weighted by Gasteiger charge is -2.46. The minimum absolute atomic E-state index is 0.00459. The molecule has 0 atom stereocenters. The molecule has 0 saturated heterocycles. The Balaban J connectivity index is 2.25. The van der Waals surface area contributed by atoms with Gasteiger partial charge in [-0.25, -0.2) is 14.2 Å². The van der Waals surface area contributed by atoms with E-state index in [-0.39, 0.29) is 28.2 Å². The van der Waals surface area contributed by atoms with E-state index >= 15 is 0 Å². The second kappa shape index (κ2) is 5.94. The number of rotatable bonds is 2. The Kier molecular flexibility index (Phi) is 4.08. The summed E-state index contributed by atoms with van der Waals surface area (Å²) >= 11 is 5.88.